The molecule has 1 unspecified atom stereocenters. The van der Waals surface area contributed by atoms with Crippen LogP contribution in [0.1, 0.15) is 57.2 Å². The predicted octanol–water partition coefficient (Wildman–Crippen LogP) is 6.34. The molecule has 1 aromatic heterocycles. The molecule has 166 valence electrons. The SMILES string of the molecule is C[C@]12CC[C@H](Oc3ccccc3)CC1=CC(=O)C1[C@@H]2CC[C@]2(C)c3nc(Cl)ccc3C[C@@H]12. The molecule has 6 rings (SSSR count). The van der Waals surface area contributed by atoms with E-state index in [1.807, 2.05) is 42.5 Å². The monoisotopic (exact) mass is 447 g/mol. The van der Waals surface area contributed by atoms with Crippen LogP contribution in [0.5, 0.6) is 5.75 Å². The molecule has 4 aliphatic rings. The summed E-state index contributed by atoms with van der Waals surface area (Å²) in [5, 5.41) is 0.564. The second kappa shape index (κ2) is 7.18. The summed E-state index contributed by atoms with van der Waals surface area (Å²) in [6.07, 6.45) is 8.26. The van der Waals surface area contributed by atoms with Gasteiger partial charge in [-0.2, -0.15) is 0 Å². The number of halogens is 1. The van der Waals surface area contributed by atoms with Gasteiger partial charge in [-0.1, -0.05) is 55.3 Å². The Labute approximate surface area is 195 Å². The van der Waals surface area contributed by atoms with Crippen LogP contribution in [-0.2, 0) is 16.6 Å². The van der Waals surface area contributed by atoms with Gasteiger partial charge in [0.15, 0.2) is 5.78 Å². The van der Waals surface area contributed by atoms with Crippen LogP contribution in [0.25, 0.3) is 0 Å². The maximum Gasteiger partial charge on any atom is 0.159 e. The maximum atomic E-state index is 13.6. The molecule has 0 aliphatic heterocycles. The van der Waals surface area contributed by atoms with Gasteiger partial charge in [0, 0.05) is 17.8 Å². The lowest BCUT2D eigenvalue weighted by Gasteiger charge is -2.56. The molecule has 4 heteroatoms. The van der Waals surface area contributed by atoms with Crippen LogP contribution in [-0.4, -0.2) is 16.9 Å². The van der Waals surface area contributed by atoms with Crippen LogP contribution in [0.2, 0.25) is 5.15 Å². The first kappa shape index (κ1) is 20.5. The summed E-state index contributed by atoms with van der Waals surface area (Å²) in [5.74, 6) is 2.07. The largest absolute Gasteiger partial charge is 0.490 e. The molecule has 0 bridgehead atoms. The standard InChI is InChI=1S/C28H30ClNO2/c1-27-12-10-20(32-19-6-4-3-5-7-19)15-18(27)16-23(31)25-21(27)11-13-28(2)22(25)14-17-8-9-24(29)30-26(17)28/h3-9,16,20-22,25H,10-15H2,1-2H3/t20-,21-,22-,25?,27-,28-/m0/s1. The van der Waals surface area contributed by atoms with Crippen molar-refractivity contribution in [2.45, 2.75) is 63.9 Å². The number of benzene rings is 1. The van der Waals surface area contributed by atoms with Crippen LogP contribution >= 0.6 is 11.6 Å². The summed E-state index contributed by atoms with van der Waals surface area (Å²) in [6, 6.07) is 14.1. The van der Waals surface area contributed by atoms with Gasteiger partial charge >= 0.3 is 0 Å². The number of ether oxygens (including phenoxy) is 1. The minimum atomic E-state index is -0.0492. The van der Waals surface area contributed by atoms with Crippen LogP contribution in [0.3, 0.4) is 0 Å². The van der Waals surface area contributed by atoms with E-state index in [1.165, 1.54) is 11.1 Å². The first-order valence-electron chi connectivity index (χ1n) is 12.0. The number of ketones is 1. The van der Waals surface area contributed by atoms with Crippen LogP contribution in [0, 0.1) is 23.2 Å². The number of pyridine rings is 1. The first-order valence-corrected chi connectivity index (χ1v) is 12.4. The molecule has 0 radical (unpaired) electrons. The molecule has 2 fully saturated rings. The number of hydrogen-bond acceptors (Lipinski definition) is 3. The molecule has 2 saturated carbocycles. The number of rotatable bonds is 2. The first-order chi connectivity index (χ1) is 15.4. The van der Waals surface area contributed by atoms with Crippen molar-refractivity contribution in [3.05, 3.63) is 70.5 Å². The smallest absolute Gasteiger partial charge is 0.159 e. The summed E-state index contributed by atoms with van der Waals surface area (Å²) in [4.78, 5) is 18.4. The van der Waals surface area contributed by atoms with E-state index in [9.17, 15) is 4.79 Å². The molecule has 1 aromatic carbocycles. The van der Waals surface area contributed by atoms with Gasteiger partial charge in [0.2, 0.25) is 0 Å². The van der Waals surface area contributed by atoms with E-state index < -0.39 is 0 Å². The van der Waals surface area contributed by atoms with E-state index in [1.54, 1.807) is 0 Å². The Morgan fingerprint density at radius 2 is 1.75 bits per heavy atom. The van der Waals surface area contributed by atoms with Crippen molar-refractivity contribution < 1.29 is 9.53 Å². The third kappa shape index (κ3) is 2.93. The summed E-state index contributed by atoms with van der Waals surface area (Å²) < 4.78 is 6.29. The average Bonchev–Trinajstić information content (AvgIpc) is 3.07. The minimum Gasteiger partial charge on any atom is -0.490 e. The highest BCUT2D eigenvalue weighted by Crippen LogP contribution is 2.63. The molecule has 0 N–H and O–H groups in total. The van der Waals surface area contributed by atoms with Crippen molar-refractivity contribution in [3.63, 3.8) is 0 Å². The van der Waals surface area contributed by atoms with Crippen molar-refractivity contribution in [2.75, 3.05) is 0 Å². The van der Waals surface area contributed by atoms with E-state index in [-0.39, 0.29) is 22.9 Å². The van der Waals surface area contributed by atoms with Crippen molar-refractivity contribution in [3.8, 4) is 5.75 Å². The summed E-state index contributed by atoms with van der Waals surface area (Å²) in [5.41, 5.74) is 3.79. The molecule has 0 spiro atoms. The van der Waals surface area contributed by atoms with Crippen molar-refractivity contribution >= 4 is 17.4 Å². The zero-order valence-electron chi connectivity index (χ0n) is 18.8. The van der Waals surface area contributed by atoms with Gasteiger partial charge < -0.3 is 4.74 Å². The average molecular weight is 448 g/mol. The summed E-state index contributed by atoms with van der Waals surface area (Å²) >= 11 is 6.27. The Hall–Kier alpha value is -2.13. The Balaban J connectivity index is 1.31. The molecular weight excluding hydrogens is 418 g/mol. The molecule has 4 aliphatic carbocycles. The Kier molecular flexibility index (Phi) is 4.60. The number of nitrogens with zero attached hydrogens (tertiary/aromatic N) is 1. The number of allylic oxidation sites excluding steroid dienone is 1. The topological polar surface area (TPSA) is 39.2 Å². The van der Waals surface area contributed by atoms with E-state index in [0.29, 0.717) is 22.8 Å². The van der Waals surface area contributed by atoms with Gasteiger partial charge in [0.25, 0.3) is 0 Å². The molecule has 3 nitrogen and oxygen atoms in total. The highest BCUT2D eigenvalue weighted by molar-refractivity contribution is 6.29. The molecule has 6 atom stereocenters. The number of carbonyl (C=O) groups excluding carboxylic acids is 1. The van der Waals surface area contributed by atoms with Crippen molar-refractivity contribution in [1.29, 1.82) is 0 Å². The number of aromatic nitrogens is 1. The van der Waals surface area contributed by atoms with Gasteiger partial charge in [-0.15, -0.1) is 0 Å². The van der Waals surface area contributed by atoms with E-state index in [2.05, 4.69) is 19.9 Å². The quantitative estimate of drug-likeness (QED) is 0.504. The zero-order valence-corrected chi connectivity index (χ0v) is 19.6. The fourth-order valence-corrected chi connectivity index (χ4v) is 7.67. The van der Waals surface area contributed by atoms with Gasteiger partial charge in [-0.25, -0.2) is 4.98 Å². The third-order valence-corrected chi connectivity index (χ3v) is 9.47. The second-order valence-electron chi connectivity index (χ2n) is 10.8. The lowest BCUT2D eigenvalue weighted by Crippen LogP contribution is -2.54. The number of carbonyl (C=O) groups is 1. The molecule has 32 heavy (non-hydrogen) atoms. The second-order valence-corrected chi connectivity index (χ2v) is 11.2. The number of hydrogen-bond donors (Lipinski definition) is 0. The highest BCUT2D eigenvalue weighted by atomic mass is 35.5. The molecule has 0 saturated heterocycles. The van der Waals surface area contributed by atoms with Gasteiger partial charge in [-0.3, -0.25) is 4.79 Å². The lowest BCUT2D eigenvalue weighted by molar-refractivity contribution is -0.130. The van der Waals surface area contributed by atoms with E-state index >= 15 is 0 Å². The molecule has 1 heterocycles. The van der Waals surface area contributed by atoms with Gasteiger partial charge in [-0.05, 0) is 79.2 Å². The number of para-hydroxylation sites is 1. The van der Waals surface area contributed by atoms with Gasteiger partial charge in [0.1, 0.15) is 17.0 Å². The fourth-order valence-electron chi connectivity index (χ4n) is 7.52. The fraction of sp³-hybridized carbons (Fsp3) is 0.500. The summed E-state index contributed by atoms with van der Waals surface area (Å²) in [7, 11) is 0. The Morgan fingerprint density at radius 1 is 0.969 bits per heavy atom. The van der Waals surface area contributed by atoms with Crippen LogP contribution in [0.15, 0.2) is 54.1 Å². The maximum absolute atomic E-state index is 13.6. The van der Waals surface area contributed by atoms with Crippen molar-refractivity contribution in [2.24, 2.45) is 23.2 Å². The van der Waals surface area contributed by atoms with Crippen LogP contribution < -0.4 is 4.74 Å². The molecular formula is C28H30ClNO2. The zero-order chi connectivity index (χ0) is 22.1. The number of fused-ring (bicyclic) bond motifs is 7. The lowest BCUT2D eigenvalue weighted by atomic mass is 9.47. The molecule has 2 aromatic rings. The minimum absolute atomic E-state index is 0.0492. The summed E-state index contributed by atoms with van der Waals surface area (Å²) in [6.45, 7) is 4.74. The van der Waals surface area contributed by atoms with E-state index in [0.717, 1.165) is 50.0 Å². The Morgan fingerprint density at radius 3 is 2.56 bits per heavy atom. The van der Waals surface area contributed by atoms with Crippen LogP contribution in [0.4, 0.5) is 0 Å². The third-order valence-electron chi connectivity index (χ3n) is 9.26. The Bertz CT molecular complexity index is 1110. The predicted molar refractivity (Wildman–Crippen MR) is 126 cm³/mol. The normalized spacial score (nSPS) is 37.6. The molecule has 0 amide bonds. The van der Waals surface area contributed by atoms with E-state index in [4.69, 9.17) is 21.3 Å². The van der Waals surface area contributed by atoms with Crippen molar-refractivity contribution in [1.82, 2.24) is 4.98 Å². The highest BCUT2D eigenvalue weighted by Gasteiger charge is 2.60. The van der Waals surface area contributed by atoms with Gasteiger partial charge in [0.05, 0.1) is 5.69 Å².